The van der Waals surface area contributed by atoms with Gasteiger partial charge in [0.05, 0.1) is 11.3 Å². The molecule has 0 amide bonds. The molecular weight excluding hydrogens is 331 g/mol. The number of benzene rings is 1. The summed E-state index contributed by atoms with van der Waals surface area (Å²) in [6.45, 7) is 1.55. The van der Waals surface area contributed by atoms with E-state index in [1.165, 1.54) is 12.1 Å². The lowest BCUT2D eigenvalue weighted by Gasteiger charge is -2.24. The molecule has 1 aliphatic heterocycles. The first-order valence-corrected chi connectivity index (χ1v) is 9.43. The molecule has 1 saturated heterocycles. The van der Waals surface area contributed by atoms with Gasteiger partial charge in [-0.05, 0) is 43.7 Å². The van der Waals surface area contributed by atoms with E-state index in [-0.39, 0.29) is 17.8 Å². The van der Waals surface area contributed by atoms with Gasteiger partial charge in [-0.2, -0.15) is 13.2 Å². The van der Waals surface area contributed by atoms with Crippen molar-refractivity contribution in [2.75, 3.05) is 25.1 Å². The third-order valence-electron chi connectivity index (χ3n) is 3.87. The molecule has 1 aromatic rings. The molecule has 130 valence electrons. The van der Waals surface area contributed by atoms with Gasteiger partial charge in [-0.25, -0.2) is 8.42 Å². The van der Waals surface area contributed by atoms with Crippen molar-refractivity contribution in [2.24, 2.45) is 5.92 Å². The molecule has 1 N–H and O–H groups in total. The second-order valence-corrected chi connectivity index (χ2v) is 8.11. The van der Waals surface area contributed by atoms with E-state index in [4.69, 9.17) is 4.74 Å². The molecule has 1 aliphatic rings. The Hall–Kier alpha value is -1.28. The fraction of sp³-hybridized carbons (Fsp3) is 0.600. The minimum atomic E-state index is -4.39. The molecule has 0 spiro atoms. The summed E-state index contributed by atoms with van der Waals surface area (Å²) in [5.74, 6) is 0.469. The zero-order valence-corrected chi connectivity index (χ0v) is 13.6. The Balaban J connectivity index is 2.07. The lowest BCUT2D eigenvalue weighted by atomic mass is 9.99. The van der Waals surface area contributed by atoms with E-state index < -0.39 is 21.6 Å². The number of ether oxygens (including phenoxy) is 1. The normalized spacial score (nSPS) is 20.4. The topological polar surface area (TPSA) is 55.4 Å². The van der Waals surface area contributed by atoms with E-state index in [2.05, 4.69) is 5.32 Å². The third-order valence-corrected chi connectivity index (χ3v) is 4.84. The quantitative estimate of drug-likeness (QED) is 0.856. The second kappa shape index (κ2) is 7.09. The standard InChI is InChI=1S/C15H20F3NO3S/c1-23(20,21)9-7-14(11-6-8-19-10-11)22-13-4-2-12(3-5-13)15(16,17)18/h2-5,11,14,19H,6-10H2,1H3/t11-,14?/m0/s1. The SMILES string of the molecule is CS(=O)(=O)CCC(Oc1ccc(C(F)(F)F)cc1)[C@H]1CCNC1. The first kappa shape index (κ1) is 18.1. The van der Waals surface area contributed by atoms with Gasteiger partial charge in [0.15, 0.2) is 0 Å². The van der Waals surface area contributed by atoms with Gasteiger partial charge in [0, 0.05) is 18.7 Å². The molecule has 1 fully saturated rings. The van der Waals surface area contributed by atoms with Gasteiger partial charge >= 0.3 is 6.18 Å². The number of hydrogen-bond acceptors (Lipinski definition) is 4. The van der Waals surface area contributed by atoms with Crippen LogP contribution < -0.4 is 10.1 Å². The van der Waals surface area contributed by atoms with E-state index in [0.717, 1.165) is 37.9 Å². The molecule has 2 rings (SSSR count). The first-order chi connectivity index (χ1) is 10.6. The molecule has 4 nitrogen and oxygen atoms in total. The molecule has 1 unspecified atom stereocenters. The maximum Gasteiger partial charge on any atom is 0.416 e. The van der Waals surface area contributed by atoms with Crippen LogP contribution in [0.4, 0.5) is 13.2 Å². The van der Waals surface area contributed by atoms with Gasteiger partial charge in [0.2, 0.25) is 0 Å². The van der Waals surface area contributed by atoms with E-state index in [0.29, 0.717) is 12.2 Å². The maximum absolute atomic E-state index is 12.6. The van der Waals surface area contributed by atoms with Crippen molar-refractivity contribution in [2.45, 2.75) is 25.1 Å². The molecule has 23 heavy (non-hydrogen) atoms. The van der Waals surface area contributed by atoms with E-state index >= 15 is 0 Å². The van der Waals surface area contributed by atoms with Gasteiger partial charge in [0.1, 0.15) is 21.7 Å². The Morgan fingerprint density at radius 1 is 1.30 bits per heavy atom. The fourth-order valence-electron chi connectivity index (χ4n) is 2.61. The Bertz CT molecular complexity index is 608. The molecule has 1 aromatic carbocycles. The minimum absolute atomic E-state index is 0.00516. The third kappa shape index (κ3) is 5.69. The van der Waals surface area contributed by atoms with E-state index in [1.807, 2.05) is 0 Å². The van der Waals surface area contributed by atoms with E-state index in [9.17, 15) is 21.6 Å². The average molecular weight is 351 g/mol. The summed E-state index contributed by atoms with van der Waals surface area (Å²) in [5.41, 5.74) is -0.736. The van der Waals surface area contributed by atoms with Gasteiger partial charge in [-0.15, -0.1) is 0 Å². The molecular formula is C15H20F3NO3S. The van der Waals surface area contributed by atoms with Gasteiger partial charge in [-0.1, -0.05) is 0 Å². The van der Waals surface area contributed by atoms with Crippen molar-refractivity contribution in [1.29, 1.82) is 0 Å². The number of sulfone groups is 1. The van der Waals surface area contributed by atoms with Crippen molar-refractivity contribution in [3.05, 3.63) is 29.8 Å². The molecule has 1 heterocycles. The van der Waals surface area contributed by atoms with Crippen molar-refractivity contribution < 1.29 is 26.3 Å². The molecule has 0 saturated carbocycles. The summed E-state index contributed by atoms with van der Waals surface area (Å²) in [5, 5.41) is 3.19. The molecule has 0 bridgehead atoms. The summed E-state index contributed by atoms with van der Waals surface area (Å²) in [7, 11) is -3.12. The number of hydrogen-bond donors (Lipinski definition) is 1. The number of rotatable bonds is 6. The van der Waals surface area contributed by atoms with Crippen LogP contribution in [0, 0.1) is 5.92 Å². The number of nitrogens with one attached hydrogen (secondary N) is 1. The van der Waals surface area contributed by atoms with Crippen LogP contribution in [-0.2, 0) is 16.0 Å². The highest BCUT2D eigenvalue weighted by Gasteiger charge is 2.31. The largest absolute Gasteiger partial charge is 0.490 e. The lowest BCUT2D eigenvalue weighted by Crippen LogP contribution is -2.31. The zero-order valence-electron chi connectivity index (χ0n) is 12.8. The van der Waals surface area contributed by atoms with Crippen LogP contribution >= 0.6 is 0 Å². The maximum atomic E-state index is 12.6. The van der Waals surface area contributed by atoms with Crippen LogP contribution in [0.15, 0.2) is 24.3 Å². The Labute approximate surface area is 133 Å². The van der Waals surface area contributed by atoms with E-state index in [1.54, 1.807) is 0 Å². The summed E-state index contributed by atoms with van der Waals surface area (Å²) in [6.07, 6.45) is -2.38. The highest BCUT2D eigenvalue weighted by molar-refractivity contribution is 7.90. The van der Waals surface area contributed by atoms with Crippen molar-refractivity contribution in [1.82, 2.24) is 5.32 Å². The smallest absolute Gasteiger partial charge is 0.416 e. The molecule has 2 atom stereocenters. The van der Waals surface area contributed by atoms with Crippen molar-refractivity contribution in [3.63, 3.8) is 0 Å². The van der Waals surface area contributed by atoms with Crippen LogP contribution in [0.2, 0.25) is 0 Å². The number of halogens is 3. The Morgan fingerprint density at radius 3 is 2.43 bits per heavy atom. The second-order valence-electron chi connectivity index (χ2n) is 5.85. The first-order valence-electron chi connectivity index (χ1n) is 7.37. The van der Waals surface area contributed by atoms with Crippen LogP contribution in [0.5, 0.6) is 5.75 Å². The van der Waals surface area contributed by atoms with Gasteiger partial charge in [-0.3, -0.25) is 0 Å². The predicted octanol–water partition coefficient (Wildman–Crippen LogP) is 2.50. The minimum Gasteiger partial charge on any atom is -0.490 e. The number of alkyl halides is 3. The monoisotopic (exact) mass is 351 g/mol. The predicted molar refractivity (Wildman–Crippen MR) is 81.2 cm³/mol. The lowest BCUT2D eigenvalue weighted by molar-refractivity contribution is -0.137. The highest BCUT2D eigenvalue weighted by atomic mass is 32.2. The van der Waals surface area contributed by atoms with Crippen molar-refractivity contribution >= 4 is 9.84 Å². The Morgan fingerprint density at radius 2 is 1.96 bits per heavy atom. The molecule has 0 aliphatic carbocycles. The Kier molecular flexibility index (Phi) is 5.57. The molecule has 0 radical (unpaired) electrons. The zero-order chi connectivity index (χ0) is 17.1. The van der Waals surface area contributed by atoms with Crippen LogP contribution in [-0.4, -0.2) is 39.6 Å². The fourth-order valence-corrected chi connectivity index (χ4v) is 3.27. The van der Waals surface area contributed by atoms with Crippen LogP contribution in [0.25, 0.3) is 0 Å². The average Bonchev–Trinajstić information content (AvgIpc) is 2.96. The van der Waals surface area contributed by atoms with Gasteiger partial charge in [0.25, 0.3) is 0 Å². The summed E-state index contributed by atoms with van der Waals surface area (Å²) >= 11 is 0. The summed E-state index contributed by atoms with van der Waals surface area (Å²) < 4.78 is 66.2. The summed E-state index contributed by atoms with van der Waals surface area (Å²) in [6, 6.07) is 4.49. The summed E-state index contributed by atoms with van der Waals surface area (Å²) in [4.78, 5) is 0. The molecule has 8 heteroatoms. The van der Waals surface area contributed by atoms with Crippen LogP contribution in [0.3, 0.4) is 0 Å². The highest BCUT2D eigenvalue weighted by Crippen LogP contribution is 2.31. The molecule has 0 aromatic heterocycles. The van der Waals surface area contributed by atoms with Crippen LogP contribution in [0.1, 0.15) is 18.4 Å². The van der Waals surface area contributed by atoms with Crippen molar-refractivity contribution in [3.8, 4) is 5.75 Å². The van der Waals surface area contributed by atoms with Gasteiger partial charge < -0.3 is 10.1 Å².